The van der Waals surface area contributed by atoms with Crippen LogP contribution < -0.4 is 5.32 Å². The van der Waals surface area contributed by atoms with Gasteiger partial charge in [0, 0.05) is 11.0 Å². The molecule has 0 saturated heterocycles. The third kappa shape index (κ3) is 3.67. The maximum absolute atomic E-state index is 13.6. The van der Waals surface area contributed by atoms with Crippen LogP contribution in [0.1, 0.15) is 28.8 Å². The number of nitrogens with one attached hydrogen (secondary N) is 1. The number of hydrogen-bond acceptors (Lipinski definition) is 1. The van der Waals surface area contributed by atoms with Crippen molar-refractivity contribution in [2.24, 2.45) is 0 Å². The molecule has 2 aromatic carbocycles. The fourth-order valence-corrected chi connectivity index (χ4v) is 2.27. The van der Waals surface area contributed by atoms with Gasteiger partial charge in [0.15, 0.2) is 0 Å². The fourth-order valence-electron chi connectivity index (χ4n) is 1.91. The minimum Gasteiger partial charge on any atom is -0.351 e. The van der Waals surface area contributed by atoms with Crippen molar-refractivity contribution in [1.82, 2.24) is 5.32 Å². The summed E-state index contributed by atoms with van der Waals surface area (Å²) in [5, 5.41) is 2.77. The summed E-state index contributed by atoms with van der Waals surface area (Å²) in [6.07, 6.45) is 0. The molecule has 0 radical (unpaired) electrons. The minimum atomic E-state index is -0.516. The Morgan fingerprint density at radius 1 is 1.25 bits per heavy atom. The van der Waals surface area contributed by atoms with Crippen LogP contribution in [0.5, 0.6) is 0 Å². The van der Waals surface area contributed by atoms with Gasteiger partial charge in [-0.3, -0.25) is 4.79 Å². The Morgan fingerprint density at radius 3 is 2.65 bits per heavy atom. The van der Waals surface area contributed by atoms with Crippen molar-refractivity contribution < 1.29 is 9.18 Å². The highest BCUT2D eigenvalue weighted by Gasteiger charge is 2.13. The molecule has 0 aliphatic heterocycles. The molecule has 2 rings (SSSR count). The summed E-state index contributed by atoms with van der Waals surface area (Å²) in [6.45, 7) is 2.49. The first-order valence-electron chi connectivity index (χ1n) is 6.36. The van der Waals surface area contributed by atoms with Crippen molar-refractivity contribution in [2.45, 2.75) is 12.8 Å². The Balaban J connectivity index is 2.00. The molecule has 0 bridgehead atoms. The summed E-state index contributed by atoms with van der Waals surface area (Å²) in [7, 11) is 0. The number of rotatable bonds is 4. The molecule has 104 valence electrons. The second kappa shape index (κ2) is 6.66. The molecule has 0 spiro atoms. The molecule has 0 aromatic heterocycles. The normalized spacial score (nSPS) is 11.9. The van der Waals surface area contributed by atoms with Crippen LogP contribution in [0, 0.1) is 5.82 Å². The second-order valence-corrected chi connectivity index (χ2v) is 5.56. The number of carbonyl (C=O) groups excluding carboxylic acids is 1. The Hall–Kier alpha value is -1.68. The van der Waals surface area contributed by atoms with Gasteiger partial charge in [-0.25, -0.2) is 4.39 Å². The molecule has 1 amide bonds. The predicted octanol–water partition coefficient (Wildman–Crippen LogP) is 4.12. The molecule has 1 N–H and O–H groups in total. The Bertz CT molecular complexity index is 601. The third-order valence-electron chi connectivity index (χ3n) is 3.11. The van der Waals surface area contributed by atoms with Crippen molar-refractivity contribution in [3.63, 3.8) is 0 Å². The minimum absolute atomic E-state index is 0.0552. The van der Waals surface area contributed by atoms with Gasteiger partial charge < -0.3 is 5.32 Å². The molecule has 0 aliphatic rings. The number of benzene rings is 2. The van der Waals surface area contributed by atoms with Gasteiger partial charge in [-0.15, -0.1) is 0 Å². The van der Waals surface area contributed by atoms with Crippen molar-refractivity contribution >= 4 is 21.8 Å². The van der Waals surface area contributed by atoms with Gasteiger partial charge in [0.05, 0.1) is 5.56 Å². The lowest BCUT2D eigenvalue weighted by atomic mass is 10.0. The van der Waals surface area contributed by atoms with Gasteiger partial charge in [-0.05, 0) is 29.7 Å². The fraction of sp³-hybridized carbons (Fsp3) is 0.188. The van der Waals surface area contributed by atoms with E-state index in [9.17, 15) is 9.18 Å². The molecule has 2 aromatic rings. The first-order valence-corrected chi connectivity index (χ1v) is 7.15. The summed E-state index contributed by atoms with van der Waals surface area (Å²) in [5.74, 6) is -0.736. The Labute approximate surface area is 126 Å². The van der Waals surface area contributed by atoms with E-state index in [-0.39, 0.29) is 11.5 Å². The van der Waals surface area contributed by atoms with Gasteiger partial charge in [0.2, 0.25) is 0 Å². The molecule has 0 unspecified atom stereocenters. The maximum Gasteiger partial charge on any atom is 0.254 e. The number of halogens is 2. The van der Waals surface area contributed by atoms with E-state index in [1.165, 1.54) is 12.1 Å². The van der Waals surface area contributed by atoms with Crippen LogP contribution in [-0.4, -0.2) is 12.5 Å². The van der Waals surface area contributed by atoms with Gasteiger partial charge in [0.25, 0.3) is 5.91 Å². The molecular weight excluding hydrogens is 321 g/mol. The average molecular weight is 336 g/mol. The largest absolute Gasteiger partial charge is 0.351 e. The van der Waals surface area contributed by atoms with Crippen molar-refractivity contribution in [3.05, 3.63) is 69.9 Å². The van der Waals surface area contributed by atoms with Gasteiger partial charge >= 0.3 is 0 Å². The van der Waals surface area contributed by atoms with E-state index >= 15 is 0 Å². The van der Waals surface area contributed by atoms with Crippen LogP contribution in [0.25, 0.3) is 0 Å². The van der Waals surface area contributed by atoms with Gasteiger partial charge in [-0.1, -0.05) is 53.2 Å². The topological polar surface area (TPSA) is 29.1 Å². The highest BCUT2D eigenvalue weighted by atomic mass is 79.9. The van der Waals surface area contributed by atoms with Crippen LogP contribution >= 0.6 is 15.9 Å². The SMILES string of the molecule is C[C@H](CNC(=O)c1cc(Br)ccc1F)c1ccccc1. The smallest absolute Gasteiger partial charge is 0.254 e. The zero-order chi connectivity index (χ0) is 14.5. The van der Waals surface area contributed by atoms with E-state index in [1.807, 2.05) is 37.3 Å². The highest BCUT2D eigenvalue weighted by molar-refractivity contribution is 9.10. The zero-order valence-corrected chi connectivity index (χ0v) is 12.7. The standard InChI is InChI=1S/C16H15BrFNO/c1-11(12-5-3-2-4-6-12)10-19-16(20)14-9-13(17)7-8-15(14)18/h2-9,11H,10H2,1H3,(H,19,20)/t11-/m1/s1. The quantitative estimate of drug-likeness (QED) is 0.894. The molecule has 20 heavy (non-hydrogen) atoms. The van der Waals surface area contributed by atoms with Gasteiger partial charge in [-0.2, -0.15) is 0 Å². The zero-order valence-electron chi connectivity index (χ0n) is 11.1. The number of hydrogen-bond donors (Lipinski definition) is 1. The number of carbonyl (C=O) groups is 1. The second-order valence-electron chi connectivity index (χ2n) is 4.65. The van der Waals surface area contributed by atoms with Crippen molar-refractivity contribution in [2.75, 3.05) is 6.54 Å². The Morgan fingerprint density at radius 2 is 1.95 bits per heavy atom. The third-order valence-corrected chi connectivity index (χ3v) is 3.60. The molecule has 4 heteroatoms. The predicted molar refractivity (Wildman–Crippen MR) is 81.3 cm³/mol. The Kier molecular flexibility index (Phi) is 4.90. The van der Waals surface area contributed by atoms with Gasteiger partial charge in [0.1, 0.15) is 5.82 Å². The molecular formula is C16H15BrFNO. The first kappa shape index (κ1) is 14.7. The molecule has 0 fully saturated rings. The first-order chi connectivity index (χ1) is 9.58. The van der Waals surface area contributed by atoms with Crippen LogP contribution in [0.2, 0.25) is 0 Å². The summed E-state index contributed by atoms with van der Waals surface area (Å²) < 4.78 is 14.3. The highest BCUT2D eigenvalue weighted by Crippen LogP contribution is 2.16. The van der Waals surface area contributed by atoms with E-state index in [2.05, 4.69) is 21.2 Å². The van der Waals surface area contributed by atoms with E-state index in [0.717, 1.165) is 5.56 Å². The van der Waals surface area contributed by atoms with Crippen molar-refractivity contribution in [1.29, 1.82) is 0 Å². The molecule has 0 aliphatic carbocycles. The lowest BCUT2D eigenvalue weighted by Crippen LogP contribution is -2.28. The average Bonchev–Trinajstić information content (AvgIpc) is 2.47. The van der Waals surface area contributed by atoms with Crippen LogP contribution in [0.4, 0.5) is 4.39 Å². The van der Waals surface area contributed by atoms with E-state index in [0.29, 0.717) is 11.0 Å². The lowest BCUT2D eigenvalue weighted by molar-refractivity contribution is 0.0947. The van der Waals surface area contributed by atoms with Crippen LogP contribution in [-0.2, 0) is 0 Å². The summed E-state index contributed by atoms with van der Waals surface area (Å²) in [4.78, 5) is 12.0. The van der Waals surface area contributed by atoms with E-state index < -0.39 is 11.7 Å². The van der Waals surface area contributed by atoms with E-state index in [1.54, 1.807) is 6.07 Å². The number of amides is 1. The molecule has 2 nitrogen and oxygen atoms in total. The van der Waals surface area contributed by atoms with Crippen LogP contribution in [0.15, 0.2) is 53.0 Å². The van der Waals surface area contributed by atoms with Crippen molar-refractivity contribution in [3.8, 4) is 0 Å². The summed E-state index contributed by atoms with van der Waals surface area (Å²) in [6, 6.07) is 14.2. The lowest BCUT2D eigenvalue weighted by Gasteiger charge is -2.13. The molecule has 1 atom stereocenters. The van der Waals surface area contributed by atoms with E-state index in [4.69, 9.17) is 0 Å². The molecule has 0 heterocycles. The van der Waals surface area contributed by atoms with Crippen LogP contribution in [0.3, 0.4) is 0 Å². The summed E-state index contributed by atoms with van der Waals surface area (Å²) in [5.41, 5.74) is 1.20. The maximum atomic E-state index is 13.6. The summed E-state index contributed by atoms with van der Waals surface area (Å²) >= 11 is 3.23. The molecule has 0 saturated carbocycles. The monoisotopic (exact) mass is 335 g/mol.